The average Bonchev–Trinajstić information content (AvgIpc) is 2.95. The normalized spacial score (nSPS) is 12.2. The number of imidazole rings is 1. The molecule has 2 heterocycles. The number of hydrogen-bond acceptors (Lipinski definition) is 6. The van der Waals surface area contributed by atoms with Crippen LogP contribution in [0.15, 0.2) is 21.2 Å². The van der Waals surface area contributed by atoms with Crippen LogP contribution in [0.1, 0.15) is 13.8 Å². The minimum absolute atomic E-state index is 0.127. The summed E-state index contributed by atoms with van der Waals surface area (Å²) in [5.74, 6) is -0.209. The molecule has 0 aromatic carbocycles. The molecule has 0 aliphatic rings. The molecule has 4 N–H and O–H groups in total. The summed E-state index contributed by atoms with van der Waals surface area (Å²) in [5.41, 5.74) is 11.7. The van der Waals surface area contributed by atoms with Gasteiger partial charge in [0.05, 0.1) is 0 Å². The van der Waals surface area contributed by atoms with Crippen LogP contribution in [0.25, 0.3) is 11.2 Å². The summed E-state index contributed by atoms with van der Waals surface area (Å²) < 4.78 is 4.07. The van der Waals surface area contributed by atoms with E-state index in [1.54, 1.807) is 23.6 Å². The van der Waals surface area contributed by atoms with E-state index >= 15 is 0 Å². The van der Waals surface area contributed by atoms with Crippen molar-refractivity contribution >= 4 is 23.0 Å². The van der Waals surface area contributed by atoms with Gasteiger partial charge in [-0.1, -0.05) is 11.6 Å². The minimum atomic E-state index is -0.886. The van der Waals surface area contributed by atoms with Crippen molar-refractivity contribution in [1.82, 2.24) is 18.7 Å². The number of hydrogen-bond donors (Lipinski definition) is 2. The zero-order chi connectivity index (χ0) is 19.8. The summed E-state index contributed by atoms with van der Waals surface area (Å²) in [5, 5.41) is 0. The van der Waals surface area contributed by atoms with E-state index in [0.29, 0.717) is 18.0 Å². The third-order valence-electron chi connectivity index (χ3n) is 4.19. The predicted octanol–water partition coefficient (Wildman–Crippen LogP) is -1.35. The van der Waals surface area contributed by atoms with Gasteiger partial charge in [-0.2, -0.15) is 4.98 Å². The van der Waals surface area contributed by atoms with Crippen LogP contribution in [-0.4, -0.2) is 44.2 Å². The Kier molecular flexibility index (Phi) is 5.36. The zero-order valence-corrected chi connectivity index (χ0v) is 15.7. The van der Waals surface area contributed by atoms with Crippen LogP contribution < -0.4 is 27.6 Å². The number of rotatable bonds is 6. The molecule has 0 aliphatic carbocycles. The highest BCUT2D eigenvalue weighted by molar-refractivity contribution is 5.80. The third kappa shape index (κ3) is 3.40. The molecule has 0 bridgehead atoms. The Labute approximate surface area is 150 Å². The Bertz CT molecular complexity index is 992. The number of likely N-dealkylation sites (N-methyl/N-ethyl adjacent to an activating group) is 1. The maximum atomic E-state index is 12.7. The topological polar surface area (TPSA) is 134 Å². The van der Waals surface area contributed by atoms with Gasteiger partial charge in [0.25, 0.3) is 5.56 Å². The smallest absolute Gasteiger partial charge is 0.332 e. The summed E-state index contributed by atoms with van der Waals surface area (Å²) in [7, 11) is 4.68. The Balaban J connectivity index is 2.75. The molecule has 2 rings (SSSR count). The molecule has 0 spiro atoms. The molecule has 0 fully saturated rings. The fourth-order valence-corrected chi connectivity index (χ4v) is 2.64. The highest BCUT2D eigenvalue weighted by atomic mass is 16.2. The number of nitrogens with zero attached hydrogens (tertiary/aromatic N) is 5. The van der Waals surface area contributed by atoms with Gasteiger partial charge in [0, 0.05) is 34.2 Å². The van der Waals surface area contributed by atoms with Crippen molar-refractivity contribution in [2.45, 2.75) is 26.4 Å². The molecule has 0 radical (unpaired) electrons. The van der Waals surface area contributed by atoms with Crippen molar-refractivity contribution in [3.8, 4) is 0 Å². The van der Waals surface area contributed by atoms with Crippen LogP contribution in [0, 0.1) is 0 Å². The highest BCUT2D eigenvalue weighted by Gasteiger charge is 2.22. The second kappa shape index (κ2) is 7.16. The average molecular weight is 363 g/mol. The molecule has 0 saturated heterocycles. The third-order valence-corrected chi connectivity index (χ3v) is 4.19. The van der Waals surface area contributed by atoms with Gasteiger partial charge in [-0.3, -0.25) is 18.7 Å². The summed E-state index contributed by atoms with van der Waals surface area (Å²) in [6, 6.07) is -0.886. The van der Waals surface area contributed by atoms with E-state index in [-0.39, 0.29) is 12.2 Å². The first-order chi connectivity index (χ1) is 12.1. The van der Waals surface area contributed by atoms with Gasteiger partial charge in [-0.15, -0.1) is 0 Å². The highest BCUT2D eigenvalue weighted by Crippen LogP contribution is 2.19. The quantitative estimate of drug-likeness (QED) is 0.609. The van der Waals surface area contributed by atoms with Crippen LogP contribution in [-0.2, 0) is 25.4 Å². The largest absolute Gasteiger partial charge is 0.368 e. The van der Waals surface area contributed by atoms with E-state index in [9.17, 15) is 14.4 Å². The second-order valence-corrected chi connectivity index (χ2v) is 6.57. The lowest BCUT2D eigenvalue weighted by Gasteiger charge is -2.21. The lowest BCUT2D eigenvalue weighted by Crippen LogP contribution is -2.45. The SMILES string of the molecule is CC(C)=CCn1c(N(C)CC(N)C(N)=O)nc2c1c(=O)n(C)c(=O)n2C. The van der Waals surface area contributed by atoms with E-state index < -0.39 is 23.2 Å². The Morgan fingerprint density at radius 1 is 1.27 bits per heavy atom. The number of anilines is 1. The van der Waals surface area contributed by atoms with Crippen molar-refractivity contribution in [2.75, 3.05) is 18.5 Å². The summed E-state index contributed by atoms with van der Waals surface area (Å²) >= 11 is 0. The molecule has 10 heteroatoms. The van der Waals surface area contributed by atoms with Crippen LogP contribution in [0.5, 0.6) is 0 Å². The minimum Gasteiger partial charge on any atom is -0.368 e. The number of carbonyl (C=O) groups is 1. The van der Waals surface area contributed by atoms with Gasteiger partial charge in [0.15, 0.2) is 11.2 Å². The number of aryl methyl sites for hydroxylation is 1. The van der Waals surface area contributed by atoms with Gasteiger partial charge in [-0.05, 0) is 13.8 Å². The van der Waals surface area contributed by atoms with E-state index in [1.165, 1.54) is 11.6 Å². The number of amides is 1. The van der Waals surface area contributed by atoms with Crippen molar-refractivity contribution in [1.29, 1.82) is 0 Å². The van der Waals surface area contributed by atoms with Crippen molar-refractivity contribution < 1.29 is 4.79 Å². The molecule has 0 saturated carbocycles. The van der Waals surface area contributed by atoms with Crippen LogP contribution in [0.4, 0.5) is 5.95 Å². The molecule has 1 unspecified atom stereocenters. The fraction of sp³-hybridized carbons (Fsp3) is 0.500. The molecule has 2 aromatic rings. The number of nitrogens with two attached hydrogens (primary N) is 2. The molecule has 0 aliphatic heterocycles. The van der Waals surface area contributed by atoms with Crippen LogP contribution in [0.2, 0.25) is 0 Å². The fourth-order valence-electron chi connectivity index (χ4n) is 2.64. The first-order valence-corrected chi connectivity index (χ1v) is 8.11. The zero-order valence-electron chi connectivity index (χ0n) is 15.7. The maximum Gasteiger partial charge on any atom is 0.332 e. The van der Waals surface area contributed by atoms with E-state index in [0.717, 1.165) is 10.1 Å². The molecule has 142 valence electrons. The van der Waals surface area contributed by atoms with Crippen molar-refractivity contribution in [3.63, 3.8) is 0 Å². The second-order valence-electron chi connectivity index (χ2n) is 6.57. The van der Waals surface area contributed by atoms with E-state index in [1.807, 2.05) is 19.9 Å². The number of fused-ring (bicyclic) bond motifs is 1. The molecular weight excluding hydrogens is 338 g/mol. The molecular formula is C16H25N7O3. The summed E-state index contributed by atoms with van der Waals surface area (Å²) in [6.07, 6.45) is 1.94. The molecule has 1 amide bonds. The molecule has 1 atom stereocenters. The molecule has 10 nitrogen and oxygen atoms in total. The van der Waals surface area contributed by atoms with Gasteiger partial charge in [0.2, 0.25) is 11.9 Å². The first-order valence-electron chi connectivity index (χ1n) is 8.11. The summed E-state index contributed by atoms with van der Waals surface area (Å²) in [6.45, 7) is 4.40. The lowest BCUT2D eigenvalue weighted by molar-refractivity contribution is -0.119. The predicted molar refractivity (Wildman–Crippen MR) is 100 cm³/mol. The summed E-state index contributed by atoms with van der Waals surface area (Å²) in [4.78, 5) is 42.3. The number of carbonyl (C=O) groups excluding carboxylic acids is 1. The van der Waals surface area contributed by atoms with Gasteiger partial charge < -0.3 is 20.9 Å². The van der Waals surface area contributed by atoms with Gasteiger partial charge in [0.1, 0.15) is 6.04 Å². The maximum absolute atomic E-state index is 12.7. The van der Waals surface area contributed by atoms with E-state index in [2.05, 4.69) is 4.98 Å². The van der Waals surface area contributed by atoms with E-state index in [4.69, 9.17) is 11.5 Å². The number of primary amides is 1. The standard InChI is InChI=1S/C16H25N7O3/c1-9(2)6-7-23-11-13(21(4)16(26)22(5)14(11)25)19-15(23)20(3)8-10(17)12(18)24/h6,10H,7-8,17H2,1-5H3,(H2,18,24). The van der Waals surface area contributed by atoms with Gasteiger partial charge >= 0.3 is 5.69 Å². The van der Waals surface area contributed by atoms with Crippen molar-refractivity contribution in [2.24, 2.45) is 25.6 Å². The Morgan fingerprint density at radius 2 is 1.88 bits per heavy atom. The Hall–Kier alpha value is -2.88. The Morgan fingerprint density at radius 3 is 2.42 bits per heavy atom. The lowest BCUT2D eigenvalue weighted by atomic mass is 10.3. The van der Waals surface area contributed by atoms with Crippen molar-refractivity contribution in [3.05, 3.63) is 32.5 Å². The molecule has 26 heavy (non-hydrogen) atoms. The van der Waals surface area contributed by atoms with Crippen LogP contribution >= 0.6 is 0 Å². The number of allylic oxidation sites excluding steroid dienone is 2. The van der Waals surface area contributed by atoms with Crippen LogP contribution in [0.3, 0.4) is 0 Å². The number of aromatic nitrogens is 4. The molecule has 2 aromatic heterocycles. The first kappa shape index (κ1) is 19.4. The monoisotopic (exact) mass is 363 g/mol. The van der Waals surface area contributed by atoms with Gasteiger partial charge in [-0.25, -0.2) is 4.79 Å².